The highest BCUT2D eigenvalue weighted by molar-refractivity contribution is 14.0. The quantitative estimate of drug-likeness (QED) is 0.246. The minimum Gasteiger partial charge on any atom is -0.356 e. The molecule has 2 N–H and O–H groups in total. The Morgan fingerprint density at radius 1 is 1.38 bits per heavy atom. The van der Waals surface area contributed by atoms with Crippen LogP contribution < -0.4 is 10.6 Å². The lowest BCUT2D eigenvalue weighted by atomic mass is 10.2. The van der Waals surface area contributed by atoms with Crippen LogP contribution in [0.15, 0.2) is 4.99 Å². The van der Waals surface area contributed by atoms with Crippen LogP contribution in [0, 0.1) is 5.92 Å². The third-order valence-electron chi connectivity index (χ3n) is 4.02. The second-order valence-corrected chi connectivity index (χ2v) is 6.77. The van der Waals surface area contributed by atoms with Crippen molar-refractivity contribution < 1.29 is 18.0 Å². The molecule has 1 saturated heterocycles. The summed E-state index contributed by atoms with van der Waals surface area (Å²) in [6, 6.07) is 0.141. The molecule has 1 unspecified atom stereocenters. The number of hydrogen-bond donors (Lipinski definition) is 2. The Morgan fingerprint density at radius 2 is 2.04 bits per heavy atom. The van der Waals surface area contributed by atoms with Crippen molar-refractivity contribution in [3.8, 4) is 0 Å². The molecule has 0 bridgehead atoms. The van der Waals surface area contributed by atoms with E-state index in [0.29, 0.717) is 32.0 Å². The van der Waals surface area contributed by atoms with Crippen LogP contribution >= 0.6 is 24.0 Å². The number of hydrogen-bond acceptors (Lipinski definition) is 3. The Labute approximate surface area is 171 Å². The number of amides is 1. The molecule has 0 aliphatic carbocycles. The van der Waals surface area contributed by atoms with E-state index in [9.17, 15) is 18.0 Å². The molecule has 6 nitrogen and oxygen atoms in total. The van der Waals surface area contributed by atoms with E-state index in [-0.39, 0.29) is 41.8 Å². The van der Waals surface area contributed by atoms with Gasteiger partial charge in [-0.1, -0.05) is 13.8 Å². The number of aliphatic imine (C=N–C) groups is 1. The van der Waals surface area contributed by atoms with Gasteiger partial charge in [0.1, 0.15) is 0 Å². The van der Waals surface area contributed by atoms with Gasteiger partial charge < -0.3 is 15.5 Å². The summed E-state index contributed by atoms with van der Waals surface area (Å²) in [5, 5.41) is 6.38. The molecule has 154 valence electrons. The number of guanidine groups is 1. The predicted octanol–water partition coefficient (Wildman–Crippen LogP) is 1.91. The Bertz CT molecular complexity index is 460. The molecule has 0 saturated carbocycles. The maximum atomic E-state index is 12.2. The van der Waals surface area contributed by atoms with Crippen LogP contribution in [0.1, 0.15) is 26.7 Å². The van der Waals surface area contributed by atoms with E-state index in [2.05, 4.69) is 15.6 Å². The maximum Gasteiger partial charge on any atom is 0.401 e. The molecule has 1 heterocycles. The topological polar surface area (TPSA) is 60.0 Å². The minimum atomic E-state index is -4.17. The molecule has 1 rings (SSSR count). The fourth-order valence-electron chi connectivity index (χ4n) is 2.77. The first-order valence-corrected chi connectivity index (χ1v) is 8.63. The SMILES string of the molecule is CN=C(NCCCN(C)CC(F)(F)F)NC1CCN(C(=O)C(C)C)C1.I. The number of carbonyl (C=O) groups is 1. The van der Waals surface area contributed by atoms with Gasteiger partial charge in [0.05, 0.1) is 6.54 Å². The molecule has 0 aromatic carbocycles. The molecule has 0 radical (unpaired) electrons. The largest absolute Gasteiger partial charge is 0.401 e. The molecule has 1 amide bonds. The zero-order valence-corrected chi connectivity index (χ0v) is 18.2. The first-order valence-electron chi connectivity index (χ1n) is 8.63. The van der Waals surface area contributed by atoms with E-state index in [1.165, 1.54) is 11.9 Å². The summed E-state index contributed by atoms with van der Waals surface area (Å²) in [7, 11) is 3.11. The third-order valence-corrected chi connectivity index (χ3v) is 4.02. The lowest BCUT2D eigenvalue weighted by Crippen LogP contribution is -2.46. The lowest BCUT2D eigenvalue weighted by Gasteiger charge is -2.21. The fourth-order valence-corrected chi connectivity index (χ4v) is 2.77. The van der Waals surface area contributed by atoms with E-state index in [0.717, 1.165) is 13.0 Å². The molecular weight excluding hydrogens is 462 g/mol. The normalized spacial score (nSPS) is 18.3. The van der Waals surface area contributed by atoms with Crippen LogP contribution in [0.5, 0.6) is 0 Å². The fraction of sp³-hybridized carbons (Fsp3) is 0.875. The standard InChI is InChI=1S/C16H30F3N5O.HI/c1-12(2)14(25)24-9-6-13(10-24)22-15(20-3)21-7-5-8-23(4)11-16(17,18)19;/h12-13H,5-11H2,1-4H3,(H2,20,21,22);1H. The van der Waals surface area contributed by atoms with Crippen LogP contribution in [0.3, 0.4) is 0 Å². The van der Waals surface area contributed by atoms with Gasteiger partial charge in [-0.3, -0.25) is 14.7 Å². The Kier molecular flexibility index (Phi) is 11.5. The molecule has 0 aromatic rings. The number of alkyl halides is 3. The smallest absolute Gasteiger partial charge is 0.356 e. The van der Waals surface area contributed by atoms with Crippen molar-refractivity contribution >= 4 is 35.8 Å². The van der Waals surface area contributed by atoms with Crippen molar-refractivity contribution in [2.45, 2.75) is 38.9 Å². The van der Waals surface area contributed by atoms with E-state index in [1.54, 1.807) is 7.05 Å². The van der Waals surface area contributed by atoms with Gasteiger partial charge in [-0.2, -0.15) is 13.2 Å². The summed E-state index contributed by atoms with van der Waals surface area (Å²) in [4.78, 5) is 19.2. The average molecular weight is 493 g/mol. The number of carbonyl (C=O) groups excluding carboxylic acids is 1. The number of rotatable bonds is 7. The summed E-state index contributed by atoms with van der Waals surface area (Å²) < 4.78 is 36.7. The minimum absolute atomic E-state index is 0. The maximum absolute atomic E-state index is 12.2. The summed E-state index contributed by atoms with van der Waals surface area (Å²) in [5.41, 5.74) is 0. The van der Waals surface area contributed by atoms with E-state index < -0.39 is 12.7 Å². The van der Waals surface area contributed by atoms with E-state index in [4.69, 9.17) is 0 Å². The van der Waals surface area contributed by atoms with Gasteiger partial charge >= 0.3 is 6.18 Å². The van der Waals surface area contributed by atoms with Crippen molar-refractivity contribution in [1.82, 2.24) is 20.4 Å². The second-order valence-electron chi connectivity index (χ2n) is 6.77. The zero-order chi connectivity index (χ0) is 19.0. The van der Waals surface area contributed by atoms with Crippen molar-refractivity contribution in [1.29, 1.82) is 0 Å². The van der Waals surface area contributed by atoms with Gasteiger partial charge in [-0.25, -0.2) is 0 Å². The van der Waals surface area contributed by atoms with Crippen molar-refractivity contribution in [3.63, 3.8) is 0 Å². The molecule has 10 heteroatoms. The zero-order valence-electron chi connectivity index (χ0n) is 15.9. The van der Waals surface area contributed by atoms with Gasteiger partial charge in [0, 0.05) is 38.6 Å². The van der Waals surface area contributed by atoms with Gasteiger partial charge in [0.25, 0.3) is 0 Å². The second kappa shape index (κ2) is 11.8. The van der Waals surface area contributed by atoms with E-state index >= 15 is 0 Å². The van der Waals surface area contributed by atoms with Gasteiger partial charge in [-0.05, 0) is 26.4 Å². The van der Waals surface area contributed by atoms with Crippen molar-refractivity contribution in [3.05, 3.63) is 0 Å². The average Bonchev–Trinajstić information content (AvgIpc) is 2.96. The summed E-state index contributed by atoms with van der Waals surface area (Å²) in [5.74, 6) is 0.757. The van der Waals surface area contributed by atoms with Crippen LogP contribution in [-0.4, -0.2) is 80.7 Å². The first-order chi connectivity index (χ1) is 11.6. The lowest BCUT2D eigenvalue weighted by molar-refractivity contribution is -0.143. The monoisotopic (exact) mass is 493 g/mol. The molecular formula is C16H31F3IN5O. The third kappa shape index (κ3) is 9.79. The van der Waals surface area contributed by atoms with Crippen LogP contribution in [0.2, 0.25) is 0 Å². The Morgan fingerprint density at radius 3 is 2.58 bits per heavy atom. The van der Waals surface area contributed by atoms with Crippen molar-refractivity contribution in [2.75, 3.05) is 46.8 Å². The summed E-state index contributed by atoms with van der Waals surface area (Å²) in [6.07, 6.45) is -2.73. The molecule has 0 aromatic heterocycles. The van der Waals surface area contributed by atoms with Crippen molar-refractivity contribution in [2.24, 2.45) is 10.9 Å². The van der Waals surface area contributed by atoms with Crippen LogP contribution in [0.4, 0.5) is 13.2 Å². The van der Waals surface area contributed by atoms with Crippen LogP contribution in [0.25, 0.3) is 0 Å². The molecule has 1 fully saturated rings. The molecule has 26 heavy (non-hydrogen) atoms. The van der Waals surface area contributed by atoms with Gasteiger partial charge in [-0.15, -0.1) is 24.0 Å². The Balaban J connectivity index is 0.00000625. The van der Waals surface area contributed by atoms with Crippen LogP contribution in [-0.2, 0) is 4.79 Å². The predicted molar refractivity (Wildman–Crippen MR) is 108 cm³/mol. The summed E-state index contributed by atoms with van der Waals surface area (Å²) in [6.45, 7) is 5.13. The number of nitrogens with zero attached hydrogens (tertiary/aromatic N) is 3. The Hall–Kier alpha value is -0.780. The van der Waals surface area contributed by atoms with Gasteiger partial charge in [0.2, 0.25) is 5.91 Å². The molecule has 1 aliphatic heterocycles. The highest BCUT2D eigenvalue weighted by Gasteiger charge is 2.29. The molecule has 1 atom stereocenters. The number of halogens is 4. The first kappa shape index (κ1) is 25.2. The highest BCUT2D eigenvalue weighted by Crippen LogP contribution is 2.15. The van der Waals surface area contributed by atoms with E-state index in [1.807, 2.05) is 18.7 Å². The molecule has 1 aliphatic rings. The number of nitrogens with one attached hydrogen (secondary N) is 2. The number of likely N-dealkylation sites (tertiary alicyclic amines) is 1. The van der Waals surface area contributed by atoms with Gasteiger partial charge in [0.15, 0.2) is 5.96 Å². The molecule has 0 spiro atoms. The summed E-state index contributed by atoms with van der Waals surface area (Å²) >= 11 is 0. The highest BCUT2D eigenvalue weighted by atomic mass is 127.